The molecule has 0 saturated heterocycles. The molecule has 0 spiro atoms. The first-order valence-electron chi connectivity index (χ1n) is 4.23. The first kappa shape index (κ1) is 11.7. The maximum absolute atomic E-state index is 12.8. The number of rotatable bonds is 4. The van der Waals surface area contributed by atoms with E-state index in [0.29, 0.717) is 18.2 Å². The summed E-state index contributed by atoms with van der Waals surface area (Å²) >= 11 is 11.3. The van der Waals surface area contributed by atoms with Crippen LogP contribution in [0.5, 0.6) is 0 Å². The summed E-state index contributed by atoms with van der Waals surface area (Å²) in [5.41, 5.74) is 0.718. The molecule has 1 aromatic carbocycles. The van der Waals surface area contributed by atoms with Crippen LogP contribution in [-0.4, -0.2) is 11.8 Å². The van der Waals surface area contributed by atoms with E-state index in [-0.39, 0.29) is 5.92 Å². The molecule has 0 radical (unpaired) electrons. The molecule has 0 aliphatic carbocycles. The summed E-state index contributed by atoms with van der Waals surface area (Å²) in [5.74, 6) is -0.721. The molecule has 0 heterocycles. The Bertz CT molecular complexity index is 298. The summed E-state index contributed by atoms with van der Waals surface area (Å²) in [6.07, 6.45) is 0.574. The Morgan fingerprint density at radius 3 is 2.21 bits per heavy atom. The minimum Gasteiger partial charge on any atom is -0.204 e. The van der Waals surface area contributed by atoms with Crippen molar-refractivity contribution < 1.29 is 8.78 Å². The fourth-order valence-electron chi connectivity index (χ4n) is 1.15. The third-order valence-corrected chi connectivity index (χ3v) is 2.82. The standard InChI is InChI=1S/C10H10Cl2F2/c11-5-8(6-12)3-7-1-2-9(13)10(14)4-7/h1-2,4,8H,3,5-6H2. The Morgan fingerprint density at radius 1 is 1.07 bits per heavy atom. The van der Waals surface area contributed by atoms with E-state index >= 15 is 0 Å². The molecule has 0 aromatic heterocycles. The second-order valence-corrected chi connectivity index (χ2v) is 3.74. The first-order chi connectivity index (χ1) is 6.67. The lowest BCUT2D eigenvalue weighted by Gasteiger charge is -2.09. The van der Waals surface area contributed by atoms with Crippen molar-refractivity contribution in [3.8, 4) is 0 Å². The molecule has 0 saturated carbocycles. The van der Waals surface area contributed by atoms with E-state index in [9.17, 15) is 8.78 Å². The van der Waals surface area contributed by atoms with E-state index in [1.165, 1.54) is 6.07 Å². The van der Waals surface area contributed by atoms with E-state index in [2.05, 4.69) is 0 Å². The predicted molar refractivity (Wildman–Crippen MR) is 55.0 cm³/mol. The van der Waals surface area contributed by atoms with Crippen LogP contribution in [0.2, 0.25) is 0 Å². The molecular weight excluding hydrogens is 229 g/mol. The van der Waals surface area contributed by atoms with Crippen molar-refractivity contribution in [2.75, 3.05) is 11.8 Å². The van der Waals surface area contributed by atoms with Crippen LogP contribution in [-0.2, 0) is 6.42 Å². The summed E-state index contributed by atoms with van der Waals surface area (Å²) < 4.78 is 25.4. The molecule has 0 bridgehead atoms. The van der Waals surface area contributed by atoms with Gasteiger partial charge >= 0.3 is 0 Å². The zero-order valence-corrected chi connectivity index (χ0v) is 8.95. The lowest BCUT2D eigenvalue weighted by atomic mass is 10.0. The second-order valence-electron chi connectivity index (χ2n) is 3.13. The van der Waals surface area contributed by atoms with Crippen LogP contribution < -0.4 is 0 Å². The number of hydrogen-bond acceptors (Lipinski definition) is 0. The second kappa shape index (κ2) is 5.52. The molecule has 78 valence electrons. The van der Waals surface area contributed by atoms with Gasteiger partial charge in [0.1, 0.15) is 0 Å². The van der Waals surface area contributed by atoms with Gasteiger partial charge in [-0.1, -0.05) is 6.07 Å². The average molecular weight is 239 g/mol. The fraction of sp³-hybridized carbons (Fsp3) is 0.400. The molecule has 1 rings (SSSR count). The Kier molecular flexibility index (Phi) is 4.63. The van der Waals surface area contributed by atoms with Crippen LogP contribution in [0.4, 0.5) is 8.78 Å². The Labute approximate surface area is 91.8 Å². The van der Waals surface area contributed by atoms with Gasteiger partial charge in [-0.2, -0.15) is 0 Å². The molecule has 0 amide bonds. The smallest absolute Gasteiger partial charge is 0.159 e. The van der Waals surface area contributed by atoms with Crippen LogP contribution in [0.1, 0.15) is 5.56 Å². The number of hydrogen-bond donors (Lipinski definition) is 0. The summed E-state index contributed by atoms with van der Waals surface area (Å²) in [4.78, 5) is 0. The van der Waals surface area contributed by atoms with Gasteiger partial charge in [0.25, 0.3) is 0 Å². The highest BCUT2D eigenvalue weighted by atomic mass is 35.5. The average Bonchev–Trinajstić information content (AvgIpc) is 2.19. The SMILES string of the molecule is Fc1ccc(CC(CCl)CCl)cc1F. The molecular formula is C10H10Cl2F2. The molecule has 0 aliphatic heterocycles. The molecule has 0 N–H and O–H groups in total. The monoisotopic (exact) mass is 238 g/mol. The number of halogens is 4. The van der Waals surface area contributed by atoms with Crippen molar-refractivity contribution in [3.63, 3.8) is 0 Å². The van der Waals surface area contributed by atoms with Gasteiger partial charge in [0, 0.05) is 11.8 Å². The minimum atomic E-state index is -0.831. The molecule has 0 atom stereocenters. The maximum Gasteiger partial charge on any atom is 0.159 e. The molecule has 0 aliphatic rings. The molecule has 0 fully saturated rings. The van der Waals surface area contributed by atoms with E-state index in [4.69, 9.17) is 23.2 Å². The predicted octanol–water partition coefficient (Wildman–Crippen LogP) is 3.60. The molecule has 1 aromatic rings. The first-order valence-corrected chi connectivity index (χ1v) is 5.30. The summed E-state index contributed by atoms with van der Waals surface area (Å²) in [6.45, 7) is 0. The lowest BCUT2D eigenvalue weighted by Crippen LogP contribution is -2.08. The van der Waals surface area contributed by atoms with Gasteiger partial charge in [-0.25, -0.2) is 8.78 Å². The van der Waals surface area contributed by atoms with Gasteiger partial charge in [-0.15, -0.1) is 23.2 Å². The molecule has 0 nitrogen and oxygen atoms in total. The van der Waals surface area contributed by atoms with Crippen molar-refractivity contribution in [3.05, 3.63) is 35.4 Å². The van der Waals surface area contributed by atoms with E-state index in [0.717, 1.165) is 11.6 Å². The van der Waals surface area contributed by atoms with Crippen molar-refractivity contribution in [2.24, 2.45) is 5.92 Å². The van der Waals surface area contributed by atoms with Crippen LogP contribution in [0.25, 0.3) is 0 Å². The van der Waals surface area contributed by atoms with Crippen molar-refractivity contribution in [1.82, 2.24) is 0 Å². The van der Waals surface area contributed by atoms with Gasteiger partial charge in [0.2, 0.25) is 0 Å². The summed E-state index contributed by atoms with van der Waals surface area (Å²) in [6, 6.07) is 3.84. The molecule has 14 heavy (non-hydrogen) atoms. The zero-order chi connectivity index (χ0) is 10.6. The molecule has 4 heteroatoms. The highest BCUT2D eigenvalue weighted by Crippen LogP contribution is 2.15. The lowest BCUT2D eigenvalue weighted by molar-refractivity contribution is 0.505. The highest BCUT2D eigenvalue weighted by Gasteiger charge is 2.09. The van der Waals surface area contributed by atoms with Gasteiger partial charge in [0.05, 0.1) is 0 Å². The van der Waals surface area contributed by atoms with Crippen LogP contribution in [0.15, 0.2) is 18.2 Å². The van der Waals surface area contributed by atoms with Gasteiger partial charge in [-0.3, -0.25) is 0 Å². The maximum atomic E-state index is 12.8. The van der Waals surface area contributed by atoms with Gasteiger partial charge < -0.3 is 0 Å². The van der Waals surface area contributed by atoms with Crippen LogP contribution >= 0.6 is 23.2 Å². The minimum absolute atomic E-state index is 0.100. The normalized spacial score (nSPS) is 10.9. The largest absolute Gasteiger partial charge is 0.204 e. The van der Waals surface area contributed by atoms with E-state index in [1.807, 2.05) is 0 Å². The van der Waals surface area contributed by atoms with Crippen molar-refractivity contribution >= 4 is 23.2 Å². The quantitative estimate of drug-likeness (QED) is 0.704. The summed E-state index contributed by atoms with van der Waals surface area (Å²) in [7, 11) is 0. The Morgan fingerprint density at radius 2 is 1.71 bits per heavy atom. The summed E-state index contributed by atoms with van der Waals surface area (Å²) in [5, 5.41) is 0. The fourth-order valence-corrected chi connectivity index (χ4v) is 1.70. The van der Waals surface area contributed by atoms with Gasteiger partial charge in [-0.05, 0) is 30.0 Å². The van der Waals surface area contributed by atoms with Gasteiger partial charge in [0.15, 0.2) is 11.6 Å². The van der Waals surface area contributed by atoms with Crippen LogP contribution in [0.3, 0.4) is 0 Å². The third-order valence-electron chi connectivity index (χ3n) is 1.94. The third kappa shape index (κ3) is 3.10. The Hall–Kier alpha value is -0.340. The van der Waals surface area contributed by atoms with Crippen molar-refractivity contribution in [1.29, 1.82) is 0 Å². The van der Waals surface area contributed by atoms with Crippen LogP contribution in [0, 0.1) is 17.6 Å². The topological polar surface area (TPSA) is 0 Å². The van der Waals surface area contributed by atoms with Crippen molar-refractivity contribution in [2.45, 2.75) is 6.42 Å². The Balaban J connectivity index is 2.72. The van der Waals surface area contributed by atoms with E-state index < -0.39 is 11.6 Å². The number of benzene rings is 1. The molecule has 0 unspecified atom stereocenters. The zero-order valence-electron chi connectivity index (χ0n) is 7.44. The highest BCUT2D eigenvalue weighted by molar-refractivity contribution is 6.20. The van der Waals surface area contributed by atoms with E-state index in [1.54, 1.807) is 6.07 Å². The number of alkyl halides is 2.